The molecule has 0 radical (unpaired) electrons. The van der Waals surface area contributed by atoms with E-state index in [1.165, 1.54) is 0 Å². The first-order valence-corrected chi connectivity index (χ1v) is 12.4. The topological polar surface area (TPSA) is 64.1 Å². The van der Waals surface area contributed by atoms with Gasteiger partial charge >= 0.3 is 0 Å². The average molecular weight is 494 g/mol. The monoisotopic (exact) mass is 493 g/mol. The number of methoxy groups -OCH3 is 2. The molecular formula is C27H31N3O4S. The maximum atomic E-state index is 13.6. The Hall–Kier alpha value is -3.20. The molecule has 1 saturated heterocycles. The molecule has 0 N–H and O–H groups in total. The Kier molecular flexibility index (Phi) is 8.52. The number of nitrogens with zero attached hydrogens (tertiary/aromatic N) is 3. The Balaban J connectivity index is 1.53. The molecule has 0 spiro atoms. The van der Waals surface area contributed by atoms with Gasteiger partial charge in [-0.3, -0.25) is 9.69 Å². The lowest BCUT2D eigenvalue weighted by Gasteiger charge is -2.25. The number of aromatic nitrogens is 1. The van der Waals surface area contributed by atoms with Gasteiger partial charge in [0.05, 0.1) is 46.2 Å². The molecular weight excluding hydrogens is 462 g/mol. The summed E-state index contributed by atoms with van der Waals surface area (Å²) in [4.78, 5) is 22.4. The fourth-order valence-electron chi connectivity index (χ4n) is 3.96. The predicted molar refractivity (Wildman–Crippen MR) is 139 cm³/mol. The van der Waals surface area contributed by atoms with E-state index < -0.39 is 0 Å². The Morgan fingerprint density at radius 3 is 2.57 bits per heavy atom. The van der Waals surface area contributed by atoms with E-state index in [0.717, 1.165) is 54.7 Å². The van der Waals surface area contributed by atoms with Gasteiger partial charge in [0, 0.05) is 31.1 Å². The van der Waals surface area contributed by atoms with Crippen LogP contribution in [0.3, 0.4) is 0 Å². The summed E-state index contributed by atoms with van der Waals surface area (Å²) in [5.41, 5.74) is 3.20. The molecule has 4 rings (SSSR count). The minimum atomic E-state index is -0.0753. The van der Waals surface area contributed by atoms with Crippen LogP contribution < -0.4 is 9.47 Å². The van der Waals surface area contributed by atoms with Crippen molar-refractivity contribution < 1.29 is 19.0 Å². The Bertz CT molecular complexity index is 1160. The molecule has 8 heteroatoms. The molecule has 1 aliphatic heterocycles. The highest BCUT2D eigenvalue weighted by Gasteiger charge is 2.19. The van der Waals surface area contributed by atoms with Crippen molar-refractivity contribution in [3.05, 3.63) is 75.7 Å². The van der Waals surface area contributed by atoms with E-state index in [1.807, 2.05) is 67.0 Å². The number of ether oxygens (including phenoxy) is 3. The van der Waals surface area contributed by atoms with Crippen LogP contribution in [0, 0.1) is 0 Å². The van der Waals surface area contributed by atoms with Crippen LogP contribution in [0.2, 0.25) is 0 Å². The van der Waals surface area contributed by atoms with Crippen molar-refractivity contribution in [1.29, 1.82) is 0 Å². The fraction of sp³-hybridized carbons (Fsp3) is 0.333. The van der Waals surface area contributed by atoms with Gasteiger partial charge in [0.1, 0.15) is 5.01 Å². The zero-order valence-corrected chi connectivity index (χ0v) is 21.2. The quantitative estimate of drug-likeness (QED) is 0.329. The van der Waals surface area contributed by atoms with Crippen molar-refractivity contribution in [2.75, 3.05) is 47.6 Å². The third kappa shape index (κ3) is 6.48. The van der Waals surface area contributed by atoms with Gasteiger partial charge in [0.2, 0.25) is 0 Å². The van der Waals surface area contributed by atoms with Crippen LogP contribution >= 0.6 is 11.3 Å². The second-order valence-electron chi connectivity index (χ2n) is 8.32. The van der Waals surface area contributed by atoms with Crippen LogP contribution in [0.1, 0.15) is 21.8 Å². The number of likely N-dealkylation sites (N-methyl/N-ethyl adjacent to an activating group) is 1. The highest BCUT2D eigenvalue weighted by Crippen LogP contribution is 2.30. The number of hydrogen-bond acceptors (Lipinski definition) is 7. The van der Waals surface area contributed by atoms with E-state index in [-0.39, 0.29) is 5.91 Å². The lowest BCUT2D eigenvalue weighted by molar-refractivity contribution is -0.124. The van der Waals surface area contributed by atoms with E-state index >= 15 is 0 Å². The Morgan fingerprint density at radius 1 is 1.11 bits per heavy atom. The molecule has 2 aromatic carbocycles. The van der Waals surface area contributed by atoms with E-state index in [9.17, 15) is 4.79 Å². The van der Waals surface area contributed by atoms with E-state index in [2.05, 4.69) is 4.90 Å². The number of carbonyl (C=O) groups excluding carboxylic acids is 1. The van der Waals surface area contributed by atoms with Gasteiger partial charge in [-0.1, -0.05) is 36.4 Å². The molecule has 0 unspecified atom stereocenters. The van der Waals surface area contributed by atoms with Gasteiger partial charge < -0.3 is 19.1 Å². The molecule has 0 saturated carbocycles. The molecule has 1 amide bonds. The minimum absolute atomic E-state index is 0.0753. The van der Waals surface area contributed by atoms with Crippen molar-refractivity contribution in [2.45, 2.75) is 13.1 Å². The molecule has 0 bridgehead atoms. The molecule has 35 heavy (non-hydrogen) atoms. The summed E-state index contributed by atoms with van der Waals surface area (Å²) in [6.45, 7) is 4.65. The van der Waals surface area contributed by atoms with Gasteiger partial charge in [-0.05, 0) is 29.3 Å². The van der Waals surface area contributed by atoms with E-state index in [1.54, 1.807) is 30.5 Å². The second-order valence-corrected chi connectivity index (χ2v) is 9.26. The van der Waals surface area contributed by atoms with Gasteiger partial charge in [0.15, 0.2) is 11.5 Å². The summed E-state index contributed by atoms with van der Waals surface area (Å²) in [5.74, 6) is 1.18. The SMILES string of the molecule is COc1ccc(/C=C(/C(=O)N(C)Cc2csc(CN3CCOCC3)n2)c2ccccc2)cc1OC. The first kappa shape index (κ1) is 24.9. The normalized spacial score (nSPS) is 14.5. The standard InChI is InChI=1S/C27H31N3O4S/c1-29(17-22-19-35-26(28-22)18-30-11-13-34-14-12-30)27(31)23(21-7-5-4-6-8-21)15-20-9-10-24(32-2)25(16-20)33-3/h4-10,15-16,19H,11-14,17-18H2,1-3H3/b23-15+. The zero-order chi connectivity index (χ0) is 24.6. The summed E-state index contributed by atoms with van der Waals surface area (Å²) < 4.78 is 16.2. The summed E-state index contributed by atoms with van der Waals surface area (Å²) >= 11 is 1.64. The predicted octanol–water partition coefficient (Wildman–Crippen LogP) is 4.19. The molecule has 1 aliphatic rings. The number of hydrogen-bond donors (Lipinski definition) is 0. The molecule has 2 heterocycles. The summed E-state index contributed by atoms with van der Waals surface area (Å²) in [6, 6.07) is 15.3. The molecule has 184 valence electrons. The van der Waals surface area contributed by atoms with Crippen LogP contribution in [0.5, 0.6) is 11.5 Å². The van der Waals surface area contributed by atoms with Crippen molar-refractivity contribution in [1.82, 2.24) is 14.8 Å². The maximum Gasteiger partial charge on any atom is 0.254 e. The van der Waals surface area contributed by atoms with Crippen molar-refractivity contribution >= 4 is 28.9 Å². The first-order chi connectivity index (χ1) is 17.1. The molecule has 1 aromatic heterocycles. The van der Waals surface area contributed by atoms with Gasteiger partial charge in [0.25, 0.3) is 5.91 Å². The third-order valence-electron chi connectivity index (χ3n) is 5.84. The van der Waals surface area contributed by atoms with Crippen molar-refractivity contribution in [3.8, 4) is 11.5 Å². The van der Waals surface area contributed by atoms with Crippen LogP contribution in [0.15, 0.2) is 53.9 Å². The number of benzene rings is 2. The van der Waals surface area contributed by atoms with Crippen LogP contribution in [0.4, 0.5) is 0 Å². The van der Waals surface area contributed by atoms with Crippen LogP contribution in [-0.2, 0) is 22.6 Å². The van der Waals surface area contributed by atoms with E-state index in [0.29, 0.717) is 23.6 Å². The first-order valence-electron chi connectivity index (χ1n) is 11.6. The largest absolute Gasteiger partial charge is 0.493 e. The fourth-order valence-corrected chi connectivity index (χ4v) is 4.79. The highest BCUT2D eigenvalue weighted by molar-refractivity contribution is 7.09. The summed E-state index contributed by atoms with van der Waals surface area (Å²) in [5, 5.41) is 3.10. The van der Waals surface area contributed by atoms with Crippen LogP contribution in [0.25, 0.3) is 11.6 Å². The number of morpholine rings is 1. The molecule has 0 atom stereocenters. The number of amides is 1. The Labute approximate surface area is 210 Å². The average Bonchev–Trinajstić information content (AvgIpc) is 3.34. The number of carbonyl (C=O) groups is 1. The molecule has 7 nitrogen and oxygen atoms in total. The van der Waals surface area contributed by atoms with Crippen LogP contribution in [-0.4, -0.2) is 68.3 Å². The number of thiazole rings is 1. The number of rotatable bonds is 9. The van der Waals surface area contributed by atoms with Gasteiger partial charge in [-0.2, -0.15) is 0 Å². The Morgan fingerprint density at radius 2 is 1.86 bits per heavy atom. The van der Waals surface area contributed by atoms with E-state index in [4.69, 9.17) is 19.2 Å². The molecule has 1 fully saturated rings. The minimum Gasteiger partial charge on any atom is -0.493 e. The lowest BCUT2D eigenvalue weighted by Crippen LogP contribution is -2.35. The van der Waals surface area contributed by atoms with Gasteiger partial charge in [-0.15, -0.1) is 11.3 Å². The van der Waals surface area contributed by atoms with Crippen molar-refractivity contribution in [2.24, 2.45) is 0 Å². The maximum absolute atomic E-state index is 13.6. The lowest BCUT2D eigenvalue weighted by atomic mass is 10.0. The molecule has 3 aromatic rings. The highest BCUT2D eigenvalue weighted by atomic mass is 32.1. The van der Waals surface area contributed by atoms with Gasteiger partial charge in [-0.25, -0.2) is 4.98 Å². The smallest absolute Gasteiger partial charge is 0.254 e. The third-order valence-corrected chi connectivity index (χ3v) is 6.72. The van der Waals surface area contributed by atoms with Crippen molar-refractivity contribution in [3.63, 3.8) is 0 Å². The molecule has 0 aliphatic carbocycles. The second kappa shape index (κ2) is 12.0. The summed E-state index contributed by atoms with van der Waals surface area (Å²) in [6.07, 6.45) is 1.89. The zero-order valence-electron chi connectivity index (χ0n) is 20.4. The summed E-state index contributed by atoms with van der Waals surface area (Å²) in [7, 11) is 5.02.